The van der Waals surface area contributed by atoms with Gasteiger partial charge in [0.05, 0.1) is 18.6 Å². The maximum absolute atomic E-state index is 14.3. The van der Waals surface area contributed by atoms with Crippen LogP contribution in [0.5, 0.6) is 0 Å². The first-order chi connectivity index (χ1) is 18.2. The zero-order chi connectivity index (χ0) is 27.1. The largest absolute Gasteiger partial charge is 0.469 e. The number of fused-ring (bicyclic) bond motifs is 2. The van der Waals surface area contributed by atoms with Gasteiger partial charge in [0.1, 0.15) is 18.4 Å². The van der Waals surface area contributed by atoms with Crippen molar-refractivity contribution in [2.75, 3.05) is 7.11 Å². The maximum Gasteiger partial charge on any atom is 0.309 e. The van der Waals surface area contributed by atoms with Gasteiger partial charge >= 0.3 is 5.97 Å². The first-order valence-electron chi connectivity index (χ1n) is 12.4. The number of hydrogen-bond acceptors (Lipinski definition) is 5. The Kier molecular flexibility index (Phi) is 6.96. The third-order valence-corrected chi connectivity index (χ3v) is 7.68. The molecule has 198 valence electrons. The summed E-state index contributed by atoms with van der Waals surface area (Å²) in [7, 11) is 1.31. The third kappa shape index (κ3) is 4.90. The van der Waals surface area contributed by atoms with E-state index in [1.54, 1.807) is 46.0 Å². The molecule has 0 radical (unpaired) electrons. The van der Waals surface area contributed by atoms with Gasteiger partial charge < -0.3 is 19.5 Å². The number of carbonyl (C=O) groups is 4. The van der Waals surface area contributed by atoms with E-state index >= 15 is 0 Å². The summed E-state index contributed by atoms with van der Waals surface area (Å²) in [5.74, 6) is -1.44. The standard InChI is InChI=1S/C28H27ClFN3O5/c1-15(34)20-13-32(23-8-16(6-7-19(20)23)9-26(36)38-2)14-25(35)33-22-10-18(22)11-24(33)28(37)31-12-17-4-3-5-21(29)27(17)30/h3-8,13,18,22,24H,9-12,14H2,1-2H3,(H,31,37)/t18?,22-,24+/m1/s1. The Labute approximate surface area is 223 Å². The van der Waals surface area contributed by atoms with E-state index in [9.17, 15) is 23.6 Å². The number of methoxy groups -OCH3 is 1. The van der Waals surface area contributed by atoms with Gasteiger partial charge in [-0.25, -0.2) is 4.39 Å². The highest BCUT2D eigenvalue weighted by Gasteiger charge is 2.55. The molecular formula is C28H27ClFN3O5. The highest BCUT2D eigenvalue weighted by molar-refractivity contribution is 6.30. The number of halogens is 2. The van der Waals surface area contributed by atoms with E-state index in [1.165, 1.54) is 20.1 Å². The summed E-state index contributed by atoms with van der Waals surface area (Å²) in [6, 6.07) is 9.24. The number of Topliss-reactive ketones (excluding diaryl/α,β-unsaturated/α-hetero) is 1. The molecule has 0 spiro atoms. The van der Waals surface area contributed by atoms with Crippen LogP contribution in [0.2, 0.25) is 5.02 Å². The van der Waals surface area contributed by atoms with Gasteiger partial charge in [0.2, 0.25) is 11.8 Å². The van der Waals surface area contributed by atoms with E-state index in [0.717, 1.165) is 6.42 Å². The first-order valence-corrected chi connectivity index (χ1v) is 12.8. The number of esters is 1. The summed E-state index contributed by atoms with van der Waals surface area (Å²) >= 11 is 5.84. The molecule has 1 unspecified atom stereocenters. The van der Waals surface area contributed by atoms with Crippen molar-refractivity contribution in [2.24, 2.45) is 5.92 Å². The summed E-state index contributed by atoms with van der Waals surface area (Å²) in [6.45, 7) is 1.36. The number of nitrogens with one attached hydrogen (secondary N) is 1. The van der Waals surface area contributed by atoms with Gasteiger partial charge in [0.15, 0.2) is 5.78 Å². The third-order valence-electron chi connectivity index (χ3n) is 7.39. The lowest BCUT2D eigenvalue weighted by Crippen LogP contribution is -2.48. The summed E-state index contributed by atoms with van der Waals surface area (Å²) in [4.78, 5) is 52.3. The lowest BCUT2D eigenvalue weighted by Gasteiger charge is -2.27. The molecule has 10 heteroatoms. The predicted molar refractivity (Wildman–Crippen MR) is 138 cm³/mol. The molecule has 1 saturated carbocycles. The molecule has 2 fully saturated rings. The van der Waals surface area contributed by atoms with Crippen LogP contribution in [0.15, 0.2) is 42.6 Å². The highest BCUT2D eigenvalue weighted by atomic mass is 35.5. The van der Waals surface area contributed by atoms with Gasteiger partial charge in [-0.1, -0.05) is 35.9 Å². The number of rotatable bonds is 8. The smallest absolute Gasteiger partial charge is 0.309 e. The lowest BCUT2D eigenvalue weighted by atomic mass is 10.1. The molecule has 0 bridgehead atoms. The normalized spacial score (nSPS) is 19.8. The van der Waals surface area contributed by atoms with Gasteiger partial charge in [0.25, 0.3) is 0 Å². The van der Waals surface area contributed by atoms with E-state index in [0.29, 0.717) is 28.5 Å². The molecule has 3 aromatic rings. The van der Waals surface area contributed by atoms with Crippen LogP contribution in [0.4, 0.5) is 4.39 Å². The second kappa shape index (κ2) is 10.2. The maximum atomic E-state index is 14.3. The fraction of sp³-hybridized carbons (Fsp3) is 0.357. The van der Waals surface area contributed by atoms with Crippen LogP contribution < -0.4 is 5.32 Å². The number of benzene rings is 2. The number of hydrogen-bond donors (Lipinski definition) is 1. The lowest BCUT2D eigenvalue weighted by molar-refractivity contribution is -0.140. The second-order valence-electron chi connectivity index (χ2n) is 9.88. The van der Waals surface area contributed by atoms with Crippen molar-refractivity contribution in [3.8, 4) is 0 Å². The van der Waals surface area contributed by atoms with Crippen LogP contribution in [0.3, 0.4) is 0 Å². The minimum atomic E-state index is -0.655. The second-order valence-corrected chi connectivity index (χ2v) is 10.3. The monoisotopic (exact) mass is 539 g/mol. The molecular weight excluding hydrogens is 513 g/mol. The highest BCUT2D eigenvalue weighted by Crippen LogP contribution is 2.48. The van der Waals surface area contributed by atoms with Crippen molar-refractivity contribution in [3.63, 3.8) is 0 Å². The Bertz CT molecular complexity index is 1470. The average molecular weight is 540 g/mol. The summed E-state index contributed by atoms with van der Waals surface area (Å²) in [5, 5.41) is 3.42. The fourth-order valence-corrected chi connectivity index (χ4v) is 5.55. The van der Waals surface area contributed by atoms with Crippen molar-refractivity contribution >= 4 is 46.1 Å². The topological polar surface area (TPSA) is 97.7 Å². The fourth-order valence-electron chi connectivity index (χ4n) is 5.36. The summed E-state index contributed by atoms with van der Waals surface area (Å²) in [6.07, 6.45) is 3.10. The molecule has 38 heavy (non-hydrogen) atoms. The summed E-state index contributed by atoms with van der Waals surface area (Å²) < 4.78 is 20.7. The molecule has 2 amide bonds. The zero-order valence-electron chi connectivity index (χ0n) is 21.0. The number of nitrogens with zero attached hydrogens (tertiary/aromatic N) is 2. The number of amides is 2. The quantitative estimate of drug-likeness (QED) is 0.348. The SMILES string of the molecule is COC(=O)Cc1ccc2c(C(C)=O)cn(CC(=O)N3[C@@H]4CC4C[C@H]3C(=O)NCc3cccc(Cl)c3F)c2c1. The number of ketones is 1. The zero-order valence-corrected chi connectivity index (χ0v) is 21.8. The predicted octanol–water partition coefficient (Wildman–Crippen LogP) is 3.66. The number of ether oxygens (including phenoxy) is 1. The van der Waals surface area contributed by atoms with Crippen LogP contribution in [0, 0.1) is 11.7 Å². The molecule has 2 aliphatic rings. The van der Waals surface area contributed by atoms with Gasteiger partial charge in [-0.2, -0.15) is 0 Å². The Balaban J connectivity index is 1.36. The van der Waals surface area contributed by atoms with Crippen LogP contribution in [0.1, 0.15) is 41.3 Å². The Morgan fingerprint density at radius 1 is 1.16 bits per heavy atom. The molecule has 1 saturated heterocycles. The molecule has 5 rings (SSSR count). The van der Waals surface area contributed by atoms with Crippen LogP contribution >= 0.6 is 11.6 Å². The minimum absolute atomic E-state index is 0.00912. The Morgan fingerprint density at radius 3 is 2.68 bits per heavy atom. The van der Waals surface area contributed by atoms with Crippen molar-refractivity contribution in [1.29, 1.82) is 0 Å². The van der Waals surface area contributed by atoms with Gasteiger partial charge in [0, 0.05) is 40.8 Å². The average Bonchev–Trinajstić information content (AvgIpc) is 3.40. The van der Waals surface area contributed by atoms with Gasteiger partial charge in [-0.15, -0.1) is 0 Å². The molecule has 8 nitrogen and oxygen atoms in total. The number of carbonyl (C=O) groups excluding carboxylic acids is 4. The number of aromatic nitrogens is 1. The van der Waals surface area contributed by atoms with E-state index in [2.05, 4.69) is 5.32 Å². The number of piperidine rings is 1. The van der Waals surface area contributed by atoms with Crippen LogP contribution in [-0.4, -0.2) is 52.2 Å². The van der Waals surface area contributed by atoms with Crippen LogP contribution in [0.25, 0.3) is 10.9 Å². The van der Waals surface area contributed by atoms with Gasteiger partial charge in [-0.3, -0.25) is 19.2 Å². The van der Waals surface area contributed by atoms with Gasteiger partial charge in [-0.05, 0) is 43.4 Å². The molecule has 1 aromatic heterocycles. The van der Waals surface area contributed by atoms with Crippen molar-refractivity contribution in [1.82, 2.24) is 14.8 Å². The molecule has 1 N–H and O–H groups in total. The van der Waals surface area contributed by atoms with Crippen molar-refractivity contribution in [2.45, 2.75) is 51.4 Å². The van der Waals surface area contributed by atoms with Crippen LogP contribution in [-0.2, 0) is 38.6 Å². The molecule has 1 aliphatic heterocycles. The molecule has 2 aromatic carbocycles. The first kappa shape index (κ1) is 25.9. The molecule has 1 aliphatic carbocycles. The Hall–Kier alpha value is -3.72. The van der Waals surface area contributed by atoms with E-state index in [-0.39, 0.29) is 59.7 Å². The van der Waals surface area contributed by atoms with E-state index in [4.69, 9.17) is 16.3 Å². The Morgan fingerprint density at radius 2 is 1.95 bits per heavy atom. The minimum Gasteiger partial charge on any atom is -0.469 e. The van der Waals surface area contributed by atoms with E-state index in [1.807, 2.05) is 0 Å². The molecule has 2 heterocycles. The summed E-state index contributed by atoms with van der Waals surface area (Å²) in [5.41, 5.74) is 2.08. The molecule has 3 atom stereocenters. The van der Waals surface area contributed by atoms with E-state index < -0.39 is 17.8 Å². The van der Waals surface area contributed by atoms with Crippen molar-refractivity contribution < 1.29 is 28.3 Å². The number of likely N-dealkylation sites (tertiary alicyclic amines) is 1. The van der Waals surface area contributed by atoms with Crippen molar-refractivity contribution in [3.05, 3.63) is 70.1 Å².